The Morgan fingerprint density at radius 3 is 2.14 bits per heavy atom. The number of Topliss-reactive ketones (excluding diaryl/α,β-unsaturated/α-hetero) is 1. The first-order chi connectivity index (χ1) is 6.22. The Labute approximate surface area is 92.2 Å². The molecule has 1 unspecified atom stereocenters. The SMILES string of the molecule is CC(=O)C(CSC(C)(C)C)NC(C)C. The maximum absolute atomic E-state index is 11.3. The monoisotopic (exact) mass is 217 g/mol. The second-order valence-corrected chi connectivity index (χ2v) is 6.75. The molecule has 0 aromatic heterocycles. The lowest BCUT2D eigenvalue weighted by Gasteiger charge is -2.23. The van der Waals surface area contributed by atoms with Gasteiger partial charge in [-0.3, -0.25) is 4.79 Å². The third kappa shape index (κ3) is 7.39. The fourth-order valence-corrected chi connectivity index (χ4v) is 2.02. The van der Waals surface area contributed by atoms with Gasteiger partial charge in [-0.2, -0.15) is 11.8 Å². The van der Waals surface area contributed by atoms with Gasteiger partial charge in [0, 0.05) is 16.5 Å². The molecule has 1 N–H and O–H groups in total. The minimum absolute atomic E-state index is 0.000718. The summed E-state index contributed by atoms with van der Waals surface area (Å²) in [4.78, 5) is 11.3. The van der Waals surface area contributed by atoms with Crippen molar-refractivity contribution in [2.45, 2.75) is 58.4 Å². The van der Waals surface area contributed by atoms with Crippen LogP contribution in [0.1, 0.15) is 41.5 Å². The molecule has 0 aromatic rings. The van der Waals surface area contributed by atoms with Gasteiger partial charge in [0.05, 0.1) is 6.04 Å². The van der Waals surface area contributed by atoms with E-state index in [4.69, 9.17) is 0 Å². The Hall–Kier alpha value is -0.0200. The van der Waals surface area contributed by atoms with E-state index >= 15 is 0 Å². The Morgan fingerprint density at radius 1 is 1.36 bits per heavy atom. The Kier molecular flexibility index (Phi) is 5.75. The van der Waals surface area contributed by atoms with Gasteiger partial charge in [-0.15, -0.1) is 0 Å². The minimum atomic E-state index is -0.000718. The molecule has 0 rings (SSSR count). The molecule has 0 amide bonds. The average Bonchev–Trinajstić information content (AvgIpc) is 1.94. The number of nitrogens with one attached hydrogen (secondary N) is 1. The van der Waals surface area contributed by atoms with Crippen molar-refractivity contribution in [2.24, 2.45) is 0 Å². The van der Waals surface area contributed by atoms with Crippen molar-refractivity contribution in [2.75, 3.05) is 5.75 Å². The maximum atomic E-state index is 11.3. The molecule has 14 heavy (non-hydrogen) atoms. The number of carbonyl (C=O) groups is 1. The van der Waals surface area contributed by atoms with Crippen molar-refractivity contribution in [3.05, 3.63) is 0 Å². The van der Waals surface area contributed by atoms with Gasteiger partial charge < -0.3 is 5.32 Å². The molecule has 0 saturated heterocycles. The van der Waals surface area contributed by atoms with E-state index in [0.29, 0.717) is 6.04 Å². The highest BCUT2D eigenvalue weighted by Gasteiger charge is 2.19. The first-order valence-electron chi connectivity index (χ1n) is 5.13. The van der Waals surface area contributed by atoms with Crippen molar-refractivity contribution in [3.8, 4) is 0 Å². The van der Waals surface area contributed by atoms with Crippen molar-refractivity contribution >= 4 is 17.5 Å². The van der Waals surface area contributed by atoms with E-state index in [1.165, 1.54) is 0 Å². The van der Waals surface area contributed by atoms with Crippen LogP contribution in [0.5, 0.6) is 0 Å². The van der Waals surface area contributed by atoms with Gasteiger partial charge in [0.1, 0.15) is 5.78 Å². The molecular formula is C11H23NOS. The second-order valence-electron chi connectivity index (χ2n) is 4.91. The van der Waals surface area contributed by atoms with Crippen LogP contribution in [0.15, 0.2) is 0 Å². The van der Waals surface area contributed by atoms with Gasteiger partial charge in [-0.1, -0.05) is 34.6 Å². The van der Waals surface area contributed by atoms with Crippen molar-refractivity contribution in [3.63, 3.8) is 0 Å². The summed E-state index contributed by atoms with van der Waals surface area (Å²) in [6.07, 6.45) is 0. The lowest BCUT2D eigenvalue weighted by atomic mass is 10.2. The molecule has 84 valence electrons. The van der Waals surface area contributed by atoms with Crippen LogP contribution in [-0.4, -0.2) is 28.4 Å². The number of thioether (sulfide) groups is 1. The first kappa shape index (κ1) is 14.0. The van der Waals surface area contributed by atoms with Gasteiger partial charge in [0.25, 0.3) is 0 Å². The molecule has 0 aliphatic carbocycles. The highest BCUT2D eigenvalue weighted by atomic mass is 32.2. The molecule has 2 nitrogen and oxygen atoms in total. The molecule has 0 aromatic carbocycles. The van der Waals surface area contributed by atoms with Crippen LogP contribution < -0.4 is 5.32 Å². The van der Waals surface area contributed by atoms with Crippen LogP contribution >= 0.6 is 11.8 Å². The van der Waals surface area contributed by atoms with Crippen LogP contribution in [0.4, 0.5) is 0 Å². The Morgan fingerprint density at radius 2 is 1.86 bits per heavy atom. The topological polar surface area (TPSA) is 29.1 Å². The summed E-state index contributed by atoms with van der Waals surface area (Å²) < 4.78 is 0.229. The standard InChI is InChI=1S/C11H23NOS/c1-8(2)12-10(9(3)13)7-14-11(4,5)6/h8,10,12H,7H2,1-6H3. The van der Waals surface area contributed by atoms with E-state index in [2.05, 4.69) is 39.9 Å². The molecule has 0 saturated carbocycles. The number of rotatable bonds is 5. The molecule has 0 aliphatic heterocycles. The van der Waals surface area contributed by atoms with Gasteiger partial charge in [0.15, 0.2) is 0 Å². The predicted molar refractivity (Wildman–Crippen MR) is 65.0 cm³/mol. The van der Waals surface area contributed by atoms with Crippen molar-refractivity contribution in [1.29, 1.82) is 0 Å². The Balaban J connectivity index is 4.05. The molecule has 0 fully saturated rings. The van der Waals surface area contributed by atoms with Crippen molar-refractivity contribution < 1.29 is 4.79 Å². The molecule has 0 aliphatic rings. The predicted octanol–water partition coefficient (Wildman–Crippen LogP) is 2.47. The largest absolute Gasteiger partial charge is 0.305 e. The fraction of sp³-hybridized carbons (Fsp3) is 0.909. The lowest BCUT2D eigenvalue weighted by Crippen LogP contribution is -2.42. The number of hydrogen-bond donors (Lipinski definition) is 1. The van der Waals surface area contributed by atoms with Gasteiger partial charge in [-0.05, 0) is 6.92 Å². The van der Waals surface area contributed by atoms with Crippen LogP contribution in [0, 0.1) is 0 Å². The molecule has 1 atom stereocenters. The van der Waals surface area contributed by atoms with E-state index < -0.39 is 0 Å². The first-order valence-corrected chi connectivity index (χ1v) is 6.11. The zero-order valence-electron chi connectivity index (χ0n) is 10.2. The molecule has 0 radical (unpaired) electrons. The number of ketones is 1. The van der Waals surface area contributed by atoms with E-state index in [0.717, 1.165) is 5.75 Å². The average molecular weight is 217 g/mol. The highest BCUT2D eigenvalue weighted by Crippen LogP contribution is 2.23. The smallest absolute Gasteiger partial charge is 0.147 e. The number of hydrogen-bond acceptors (Lipinski definition) is 3. The summed E-state index contributed by atoms with van der Waals surface area (Å²) in [5.41, 5.74) is 0. The zero-order chi connectivity index (χ0) is 11.4. The summed E-state index contributed by atoms with van der Waals surface area (Å²) in [6.45, 7) is 12.3. The molecule has 3 heteroatoms. The minimum Gasteiger partial charge on any atom is -0.305 e. The van der Waals surface area contributed by atoms with E-state index in [9.17, 15) is 4.79 Å². The van der Waals surface area contributed by atoms with Gasteiger partial charge in [0.2, 0.25) is 0 Å². The molecule has 0 spiro atoms. The number of carbonyl (C=O) groups excluding carboxylic acids is 1. The van der Waals surface area contributed by atoms with Gasteiger partial charge >= 0.3 is 0 Å². The summed E-state index contributed by atoms with van der Waals surface area (Å²) in [6, 6.07) is 0.365. The van der Waals surface area contributed by atoms with E-state index in [1.54, 1.807) is 6.92 Å². The zero-order valence-corrected chi connectivity index (χ0v) is 11.0. The summed E-state index contributed by atoms with van der Waals surface area (Å²) in [5.74, 6) is 1.09. The third-order valence-corrected chi connectivity index (χ3v) is 3.07. The van der Waals surface area contributed by atoms with Crippen LogP contribution in [0.25, 0.3) is 0 Å². The van der Waals surface area contributed by atoms with Crippen molar-refractivity contribution in [1.82, 2.24) is 5.32 Å². The summed E-state index contributed by atoms with van der Waals surface area (Å²) in [7, 11) is 0. The third-order valence-electron chi connectivity index (χ3n) is 1.71. The fourth-order valence-electron chi connectivity index (χ4n) is 1.02. The highest BCUT2D eigenvalue weighted by molar-refractivity contribution is 8.00. The van der Waals surface area contributed by atoms with Crippen LogP contribution in [0.3, 0.4) is 0 Å². The quantitative estimate of drug-likeness (QED) is 0.767. The summed E-state index contributed by atoms with van der Waals surface area (Å²) >= 11 is 1.83. The van der Waals surface area contributed by atoms with E-state index in [1.807, 2.05) is 11.8 Å². The Bertz CT molecular complexity index is 184. The maximum Gasteiger partial charge on any atom is 0.147 e. The second kappa shape index (κ2) is 5.76. The summed E-state index contributed by atoms with van der Waals surface area (Å²) in [5, 5.41) is 3.28. The molecule has 0 bridgehead atoms. The normalized spacial score (nSPS) is 14.5. The van der Waals surface area contributed by atoms with Gasteiger partial charge in [-0.25, -0.2) is 0 Å². The van der Waals surface area contributed by atoms with Crippen LogP contribution in [0.2, 0.25) is 0 Å². The lowest BCUT2D eigenvalue weighted by molar-refractivity contribution is -0.118. The molecular weight excluding hydrogens is 194 g/mol. The molecule has 0 heterocycles. The van der Waals surface area contributed by atoms with E-state index in [-0.39, 0.29) is 16.6 Å². The van der Waals surface area contributed by atoms with Crippen LogP contribution in [-0.2, 0) is 4.79 Å².